The molecule has 2 N–H and O–H groups in total. The first kappa shape index (κ1) is 18.6. The van der Waals surface area contributed by atoms with Gasteiger partial charge in [-0.1, -0.05) is 36.9 Å². The van der Waals surface area contributed by atoms with Gasteiger partial charge >= 0.3 is 0 Å². The molecule has 0 fully saturated rings. The fourth-order valence-corrected chi connectivity index (χ4v) is 2.70. The summed E-state index contributed by atoms with van der Waals surface area (Å²) >= 11 is 0. The van der Waals surface area contributed by atoms with Gasteiger partial charge in [-0.2, -0.15) is 0 Å². The van der Waals surface area contributed by atoms with Crippen LogP contribution in [0.2, 0.25) is 0 Å². The molecule has 0 bridgehead atoms. The molecule has 1 heterocycles. The molecule has 2 aromatic carbocycles. The zero-order valence-electron chi connectivity index (χ0n) is 15.7. The number of aromatic nitrogens is 2. The second kappa shape index (κ2) is 9.48. The first-order chi connectivity index (χ1) is 13.2. The van der Waals surface area contributed by atoms with Crippen molar-refractivity contribution in [2.45, 2.75) is 26.5 Å². The van der Waals surface area contributed by atoms with Crippen LogP contribution in [0.4, 0.5) is 5.69 Å². The third-order valence-electron chi connectivity index (χ3n) is 4.23. The van der Waals surface area contributed by atoms with E-state index >= 15 is 0 Å². The lowest BCUT2D eigenvalue weighted by atomic mass is 10.2. The van der Waals surface area contributed by atoms with Gasteiger partial charge in [0.15, 0.2) is 0 Å². The van der Waals surface area contributed by atoms with Crippen LogP contribution >= 0.6 is 0 Å². The number of benzene rings is 2. The molecule has 1 aromatic heterocycles. The van der Waals surface area contributed by atoms with Gasteiger partial charge in [-0.05, 0) is 43.2 Å². The fourth-order valence-electron chi connectivity index (χ4n) is 2.70. The minimum Gasteiger partial charge on any atom is -0.489 e. The van der Waals surface area contributed by atoms with Gasteiger partial charge in [0.25, 0.3) is 0 Å². The summed E-state index contributed by atoms with van der Waals surface area (Å²) in [5.41, 5.74) is 3.31. The highest BCUT2D eigenvalue weighted by Gasteiger charge is 2.00. The van der Waals surface area contributed by atoms with Crippen LogP contribution in [-0.4, -0.2) is 16.1 Å². The lowest BCUT2D eigenvalue weighted by Gasteiger charge is -2.13. The van der Waals surface area contributed by atoms with E-state index < -0.39 is 0 Å². The van der Waals surface area contributed by atoms with Crippen molar-refractivity contribution in [3.05, 3.63) is 90.8 Å². The average Bonchev–Trinajstić information content (AvgIpc) is 3.10. The number of hydrogen-bond donors (Lipinski definition) is 2. The van der Waals surface area contributed by atoms with Gasteiger partial charge in [0.1, 0.15) is 12.4 Å². The van der Waals surface area contributed by atoms with Crippen molar-refractivity contribution in [3.63, 3.8) is 0 Å². The van der Waals surface area contributed by atoms with Gasteiger partial charge in [-0.3, -0.25) is 0 Å². The van der Waals surface area contributed by atoms with Crippen molar-refractivity contribution in [2.75, 3.05) is 11.9 Å². The monoisotopic (exact) mass is 362 g/mol. The Balaban J connectivity index is 1.37. The molecule has 0 aliphatic carbocycles. The van der Waals surface area contributed by atoms with Crippen LogP contribution in [0.5, 0.6) is 5.75 Å². The molecule has 0 atom stereocenters. The molecule has 5 heteroatoms. The minimum atomic E-state index is 0.568. The molecular formula is C22H26N4O. The Morgan fingerprint density at radius 3 is 2.59 bits per heavy atom. The van der Waals surface area contributed by atoms with Crippen LogP contribution < -0.4 is 15.4 Å². The summed E-state index contributed by atoms with van der Waals surface area (Å²) in [6.45, 7) is 8.45. The fraction of sp³-hybridized carbons (Fsp3) is 0.227. The molecule has 27 heavy (non-hydrogen) atoms. The molecule has 140 valence electrons. The molecule has 0 saturated heterocycles. The van der Waals surface area contributed by atoms with E-state index in [1.54, 1.807) is 0 Å². The zero-order valence-corrected chi connectivity index (χ0v) is 15.7. The average molecular weight is 362 g/mol. The number of nitrogens with zero attached hydrogens (tertiary/aromatic N) is 2. The van der Waals surface area contributed by atoms with Gasteiger partial charge in [0.2, 0.25) is 0 Å². The molecule has 0 saturated carbocycles. The number of nitrogens with one attached hydrogen (secondary N) is 2. The smallest absolute Gasteiger partial charge is 0.119 e. The maximum Gasteiger partial charge on any atom is 0.119 e. The summed E-state index contributed by atoms with van der Waals surface area (Å²) in [5.74, 6) is 1.63. The third-order valence-corrected chi connectivity index (χ3v) is 4.23. The molecule has 0 aliphatic heterocycles. The van der Waals surface area contributed by atoms with E-state index in [0.717, 1.165) is 42.3 Å². The number of imidazole rings is 1. The number of ether oxygens (including phenoxy) is 1. The number of anilines is 1. The standard InChI is InChI=1S/C22H26N4O/c1-18-15-23-17-26(18)14-6-13-24-19(2)25-21-9-11-22(12-10-21)27-16-20-7-4-3-5-8-20/h3-5,7-12,15,17,24-25H,2,6,13-14,16H2,1H3. The van der Waals surface area contributed by atoms with Crippen LogP contribution in [0.3, 0.4) is 0 Å². The number of aryl methyl sites for hydroxylation is 2. The van der Waals surface area contributed by atoms with Crippen molar-refractivity contribution in [1.82, 2.24) is 14.9 Å². The minimum absolute atomic E-state index is 0.568. The molecule has 0 unspecified atom stereocenters. The maximum atomic E-state index is 5.80. The van der Waals surface area contributed by atoms with Crippen molar-refractivity contribution >= 4 is 5.69 Å². The van der Waals surface area contributed by atoms with Gasteiger partial charge < -0.3 is 19.9 Å². The third kappa shape index (κ3) is 5.92. The van der Waals surface area contributed by atoms with Gasteiger partial charge in [-0.15, -0.1) is 0 Å². The summed E-state index contributed by atoms with van der Waals surface area (Å²) in [6.07, 6.45) is 4.75. The van der Waals surface area contributed by atoms with E-state index in [1.165, 1.54) is 5.69 Å². The second-order valence-corrected chi connectivity index (χ2v) is 6.41. The first-order valence-electron chi connectivity index (χ1n) is 9.14. The lowest BCUT2D eigenvalue weighted by molar-refractivity contribution is 0.306. The quantitative estimate of drug-likeness (QED) is 0.527. The Morgan fingerprint density at radius 2 is 1.89 bits per heavy atom. The van der Waals surface area contributed by atoms with Crippen LogP contribution in [-0.2, 0) is 13.2 Å². The molecule has 0 amide bonds. The normalized spacial score (nSPS) is 10.4. The van der Waals surface area contributed by atoms with E-state index in [9.17, 15) is 0 Å². The summed E-state index contributed by atoms with van der Waals surface area (Å²) in [4.78, 5) is 4.13. The summed E-state index contributed by atoms with van der Waals surface area (Å²) < 4.78 is 7.95. The second-order valence-electron chi connectivity index (χ2n) is 6.41. The number of hydrogen-bond acceptors (Lipinski definition) is 4. The molecule has 3 rings (SSSR count). The Hall–Kier alpha value is -3.21. The van der Waals surface area contributed by atoms with E-state index in [0.29, 0.717) is 6.61 Å². The Labute approximate surface area is 160 Å². The van der Waals surface area contributed by atoms with E-state index in [1.807, 2.05) is 55.0 Å². The lowest BCUT2D eigenvalue weighted by Crippen LogP contribution is -2.20. The predicted molar refractivity (Wildman–Crippen MR) is 110 cm³/mol. The Kier molecular flexibility index (Phi) is 6.52. The predicted octanol–water partition coefficient (Wildman–Crippen LogP) is 4.33. The van der Waals surface area contributed by atoms with Crippen LogP contribution in [0.25, 0.3) is 0 Å². The highest BCUT2D eigenvalue weighted by atomic mass is 16.5. The molecule has 0 radical (unpaired) electrons. The molecule has 0 aliphatic rings. The highest BCUT2D eigenvalue weighted by molar-refractivity contribution is 5.49. The van der Waals surface area contributed by atoms with Gasteiger partial charge in [-0.25, -0.2) is 4.98 Å². The van der Waals surface area contributed by atoms with Gasteiger partial charge in [0.05, 0.1) is 12.1 Å². The number of rotatable bonds is 10. The Morgan fingerprint density at radius 1 is 1.11 bits per heavy atom. The van der Waals surface area contributed by atoms with Crippen LogP contribution in [0.15, 0.2) is 79.5 Å². The van der Waals surface area contributed by atoms with Crippen molar-refractivity contribution in [3.8, 4) is 5.75 Å². The van der Waals surface area contributed by atoms with E-state index in [-0.39, 0.29) is 0 Å². The molecular weight excluding hydrogens is 336 g/mol. The molecule has 0 spiro atoms. The van der Waals surface area contributed by atoms with Crippen molar-refractivity contribution < 1.29 is 4.74 Å². The SMILES string of the molecule is C=C(NCCCn1cncc1C)Nc1ccc(OCc2ccccc2)cc1. The molecule has 3 aromatic rings. The molecule has 5 nitrogen and oxygen atoms in total. The van der Waals surface area contributed by atoms with Gasteiger partial charge in [0, 0.05) is 30.7 Å². The topological polar surface area (TPSA) is 51.1 Å². The highest BCUT2D eigenvalue weighted by Crippen LogP contribution is 2.17. The Bertz CT molecular complexity index is 840. The summed E-state index contributed by atoms with van der Waals surface area (Å²) in [6, 6.07) is 18.0. The zero-order chi connectivity index (χ0) is 18.9. The summed E-state index contributed by atoms with van der Waals surface area (Å²) in [5, 5.41) is 6.57. The van der Waals surface area contributed by atoms with Crippen molar-refractivity contribution in [1.29, 1.82) is 0 Å². The van der Waals surface area contributed by atoms with Crippen LogP contribution in [0.1, 0.15) is 17.7 Å². The largest absolute Gasteiger partial charge is 0.489 e. The summed E-state index contributed by atoms with van der Waals surface area (Å²) in [7, 11) is 0. The first-order valence-corrected chi connectivity index (χ1v) is 9.14. The van der Waals surface area contributed by atoms with E-state index in [4.69, 9.17) is 4.74 Å². The van der Waals surface area contributed by atoms with E-state index in [2.05, 4.69) is 45.8 Å². The van der Waals surface area contributed by atoms with Crippen LogP contribution in [0, 0.1) is 6.92 Å². The maximum absolute atomic E-state index is 5.80. The van der Waals surface area contributed by atoms with Crippen molar-refractivity contribution in [2.24, 2.45) is 0 Å².